The summed E-state index contributed by atoms with van der Waals surface area (Å²) in [6.07, 6.45) is 0. The lowest BCUT2D eigenvalue weighted by Crippen LogP contribution is -2.25. The van der Waals surface area contributed by atoms with Gasteiger partial charge in [-0.15, -0.1) is 26.4 Å². The minimum Gasteiger partial charge on any atom is -0.366 e. The Morgan fingerprint density at radius 2 is 2.25 bits per heavy atom. The van der Waals surface area contributed by atoms with Crippen LogP contribution in [0.4, 0.5) is 5.82 Å². The first-order valence-corrected chi connectivity index (χ1v) is 5.62. The van der Waals surface area contributed by atoms with Crippen molar-refractivity contribution in [1.82, 2.24) is 25.3 Å². The van der Waals surface area contributed by atoms with Gasteiger partial charge in [-0.1, -0.05) is 6.92 Å². The van der Waals surface area contributed by atoms with Crippen molar-refractivity contribution in [3.8, 4) is 0 Å². The first-order valence-electron chi connectivity index (χ1n) is 5.08. The van der Waals surface area contributed by atoms with Crippen molar-refractivity contribution in [3.63, 3.8) is 0 Å². The number of fused-ring (bicyclic) bond motifs is 1. The molecule has 86 valence electrons. The second-order valence-corrected chi connectivity index (χ2v) is 4.12. The second-order valence-electron chi connectivity index (χ2n) is 3.81. The van der Waals surface area contributed by atoms with Crippen molar-refractivity contribution in [3.05, 3.63) is 12.1 Å². The molecule has 0 bridgehead atoms. The molecule has 0 radical (unpaired) electrons. The smallest absolute Gasteiger partial charge is 0.200 e. The topological polar surface area (TPSA) is 68.0 Å². The Kier molecular flexibility index (Phi) is 3.19. The molecule has 0 fully saturated rings. The number of alkyl halides is 1. The molecule has 0 spiro atoms. The summed E-state index contributed by atoms with van der Waals surface area (Å²) < 4.78 is 1.39. The number of nitrogens with zero attached hydrogens (tertiary/aromatic N) is 5. The van der Waals surface area contributed by atoms with Gasteiger partial charge in [0.15, 0.2) is 5.65 Å². The molecule has 0 aromatic carbocycles. The van der Waals surface area contributed by atoms with Gasteiger partial charge in [0.2, 0.25) is 0 Å². The third-order valence-electron chi connectivity index (χ3n) is 2.54. The summed E-state index contributed by atoms with van der Waals surface area (Å²) in [5.41, 5.74) is 0.628. The van der Waals surface area contributed by atoms with E-state index in [-0.39, 0.29) is 6.04 Å². The Bertz CT molecular complexity index is 470. The molecule has 0 saturated heterocycles. The molecule has 0 aliphatic rings. The van der Waals surface area contributed by atoms with Gasteiger partial charge in [-0.25, -0.2) is 0 Å². The molecule has 2 heterocycles. The lowest BCUT2D eigenvalue weighted by Gasteiger charge is -2.19. The lowest BCUT2D eigenvalue weighted by molar-refractivity contribution is 0.562. The minimum atomic E-state index is 0.249. The van der Waals surface area contributed by atoms with E-state index in [4.69, 9.17) is 11.6 Å². The van der Waals surface area contributed by atoms with Crippen molar-refractivity contribution < 1.29 is 0 Å². The van der Waals surface area contributed by atoms with Gasteiger partial charge in [0.1, 0.15) is 5.82 Å². The fourth-order valence-electron chi connectivity index (χ4n) is 1.24. The molecule has 2 unspecified atom stereocenters. The highest BCUT2D eigenvalue weighted by Gasteiger charge is 2.11. The summed E-state index contributed by atoms with van der Waals surface area (Å²) >= 11 is 5.79. The molecular weight excluding hydrogens is 228 g/mol. The predicted octanol–water partition coefficient (Wildman–Crippen LogP) is 1.19. The SMILES string of the molecule is CC(CCl)C(C)Nc1ccc2nnnn2n1. The van der Waals surface area contributed by atoms with Gasteiger partial charge in [-0.2, -0.15) is 0 Å². The van der Waals surface area contributed by atoms with Gasteiger partial charge >= 0.3 is 0 Å². The fourth-order valence-corrected chi connectivity index (χ4v) is 1.50. The molecule has 0 amide bonds. The number of anilines is 1. The Hall–Kier alpha value is -1.43. The molecule has 2 atom stereocenters. The standard InChI is InChI=1S/C9H13ClN6/c1-6(5-10)7(2)11-8-3-4-9-12-14-15-16(9)13-8/h3-4,6-7H,5H2,1-2H3,(H,11,13). The summed E-state index contributed by atoms with van der Waals surface area (Å²) in [7, 11) is 0. The van der Waals surface area contributed by atoms with Crippen molar-refractivity contribution in [1.29, 1.82) is 0 Å². The van der Waals surface area contributed by atoms with Crippen LogP contribution in [0, 0.1) is 5.92 Å². The molecule has 16 heavy (non-hydrogen) atoms. The summed E-state index contributed by atoms with van der Waals surface area (Å²) in [4.78, 5) is 0. The van der Waals surface area contributed by atoms with Gasteiger partial charge < -0.3 is 5.32 Å². The molecule has 1 N–H and O–H groups in total. The maximum Gasteiger partial charge on any atom is 0.200 e. The van der Waals surface area contributed by atoms with Crippen LogP contribution < -0.4 is 5.32 Å². The molecule has 2 aromatic rings. The van der Waals surface area contributed by atoms with Gasteiger partial charge in [0.25, 0.3) is 0 Å². The number of nitrogens with one attached hydrogen (secondary N) is 1. The zero-order valence-corrected chi connectivity index (χ0v) is 9.89. The highest BCUT2D eigenvalue weighted by molar-refractivity contribution is 6.18. The van der Waals surface area contributed by atoms with E-state index in [9.17, 15) is 0 Å². The zero-order chi connectivity index (χ0) is 11.5. The van der Waals surface area contributed by atoms with E-state index in [0.29, 0.717) is 17.4 Å². The average molecular weight is 241 g/mol. The molecule has 2 aromatic heterocycles. The fraction of sp³-hybridized carbons (Fsp3) is 0.556. The number of tetrazole rings is 1. The molecule has 6 nitrogen and oxygen atoms in total. The predicted molar refractivity (Wildman–Crippen MR) is 61.5 cm³/mol. The first-order chi connectivity index (χ1) is 7.70. The molecule has 0 aliphatic carbocycles. The summed E-state index contributed by atoms with van der Waals surface area (Å²) in [6.45, 7) is 4.15. The Balaban J connectivity index is 2.14. The largest absolute Gasteiger partial charge is 0.366 e. The Labute approximate surface area is 98.0 Å². The van der Waals surface area contributed by atoms with Gasteiger partial charge in [0.05, 0.1) is 0 Å². The molecule has 0 aliphatic heterocycles. The number of halogens is 1. The molecule has 0 saturated carbocycles. The van der Waals surface area contributed by atoms with E-state index in [0.717, 1.165) is 5.82 Å². The quantitative estimate of drug-likeness (QED) is 0.814. The molecule has 2 rings (SSSR count). The normalized spacial score (nSPS) is 14.9. The van der Waals surface area contributed by atoms with Crippen LogP contribution in [0.15, 0.2) is 12.1 Å². The van der Waals surface area contributed by atoms with E-state index >= 15 is 0 Å². The van der Waals surface area contributed by atoms with E-state index < -0.39 is 0 Å². The van der Waals surface area contributed by atoms with E-state index in [1.165, 1.54) is 4.63 Å². The first kappa shape index (κ1) is 11.1. The molecular formula is C9H13ClN6. The number of aromatic nitrogens is 5. The van der Waals surface area contributed by atoms with Crippen molar-refractivity contribution in [2.45, 2.75) is 19.9 Å². The maximum atomic E-state index is 5.79. The Morgan fingerprint density at radius 3 is 3.00 bits per heavy atom. The molecule has 7 heteroatoms. The summed E-state index contributed by atoms with van der Waals surface area (Å²) in [5.74, 6) is 1.72. The number of rotatable bonds is 4. The highest BCUT2D eigenvalue weighted by Crippen LogP contribution is 2.11. The van der Waals surface area contributed by atoms with E-state index in [2.05, 4.69) is 39.8 Å². The second kappa shape index (κ2) is 4.61. The average Bonchev–Trinajstić information content (AvgIpc) is 2.75. The van der Waals surface area contributed by atoms with Crippen LogP contribution in [-0.4, -0.2) is 37.2 Å². The van der Waals surface area contributed by atoms with Crippen LogP contribution in [-0.2, 0) is 0 Å². The van der Waals surface area contributed by atoms with Crippen molar-refractivity contribution in [2.24, 2.45) is 5.92 Å². The summed E-state index contributed by atoms with van der Waals surface area (Å²) in [6, 6.07) is 3.91. The van der Waals surface area contributed by atoms with Crippen LogP contribution in [0.3, 0.4) is 0 Å². The van der Waals surface area contributed by atoms with Crippen LogP contribution in [0.25, 0.3) is 5.65 Å². The van der Waals surface area contributed by atoms with Gasteiger partial charge in [0, 0.05) is 11.9 Å². The Morgan fingerprint density at radius 1 is 1.44 bits per heavy atom. The highest BCUT2D eigenvalue weighted by atomic mass is 35.5. The van der Waals surface area contributed by atoms with Crippen LogP contribution >= 0.6 is 11.6 Å². The monoisotopic (exact) mass is 240 g/mol. The lowest BCUT2D eigenvalue weighted by atomic mass is 10.1. The number of hydrogen-bond donors (Lipinski definition) is 1. The van der Waals surface area contributed by atoms with Gasteiger partial charge in [-0.3, -0.25) is 0 Å². The van der Waals surface area contributed by atoms with Gasteiger partial charge in [-0.05, 0) is 35.4 Å². The third-order valence-corrected chi connectivity index (χ3v) is 3.03. The van der Waals surface area contributed by atoms with Crippen LogP contribution in [0.1, 0.15) is 13.8 Å². The minimum absolute atomic E-state index is 0.249. The van der Waals surface area contributed by atoms with Crippen molar-refractivity contribution in [2.75, 3.05) is 11.2 Å². The van der Waals surface area contributed by atoms with E-state index in [1.807, 2.05) is 12.1 Å². The summed E-state index contributed by atoms with van der Waals surface area (Å²) in [5, 5.41) is 18.5. The third kappa shape index (κ3) is 2.21. The van der Waals surface area contributed by atoms with E-state index in [1.54, 1.807) is 0 Å². The van der Waals surface area contributed by atoms with Crippen LogP contribution in [0.2, 0.25) is 0 Å². The van der Waals surface area contributed by atoms with Crippen LogP contribution in [0.5, 0.6) is 0 Å². The number of hydrogen-bond acceptors (Lipinski definition) is 5. The zero-order valence-electron chi connectivity index (χ0n) is 9.13. The van der Waals surface area contributed by atoms with Crippen molar-refractivity contribution >= 4 is 23.1 Å². The maximum absolute atomic E-state index is 5.79.